The van der Waals surface area contributed by atoms with Gasteiger partial charge in [0.15, 0.2) is 0 Å². The van der Waals surface area contributed by atoms with E-state index in [0.29, 0.717) is 6.54 Å². The summed E-state index contributed by atoms with van der Waals surface area (Å²) in [6.45, 7) is 0.517. The van der Waals surface area contributed by atoms with Crippen LogP contribution in [0.25, 0.3) is 22.3 Å². The van der Waals surface area contributed by atoms with E-state index in [-0.39, 0.29) is 0 Å². The first-order valence-corrected chi connectivity index (χ1v) is 5.46. The van der Waals surface area contributed by atoms with Crippen molar-refractivity contribution in [2.75, 3.05) is 0 Å². The van der Waals surface area contributed by atoms with E-state index in [1.54, 1.807) is 6.20 Å². The molecule has 0 fully saturated rings. The van der Waals surface area contributed by atoms with Crippen molar-refractivity contribution in [1.29, 1.82) is 0 Å². The third kappa shape index (κ3) is 1.68. The number of nitrogens with two attached hydrogens (primary N) is 1. The van der Waals surface area contributed by atoms with Crippen molar-refractivity contribution < 1.29 is 0 Å². The van der Waals surface area contributed by atoms with Gasteiger partial charge < -0.3 is 10.7 Å². The van der Waals surface area contributed by atoms with Crippen molar-refractivity contribution in [1.82, 2.24) is 15.0 Å². The standard InChI is InChI=1S/C13H12N4/c14-7-9-1-2-12(17-8-9)10-3-5-15-13-11(10)4-6-16-13/h1-6,8H,7,14H2,(H,15,16). The van der Waals surface area contributed by atoms with Crippen LogP contribution >= 0.6 is 0 Å². The zero-order valence-corrected chi connectivity index (χ0v) is 9.22. The van der Waals surface area contributed by atoms with Gasteiger partial charge in [0.1, 0.15) is 5.65 Å². The molecule has 4 nitrogen and oxygen atoms in total. The molecule has 0 aliphatic carbocycles. The van der Waals surface area contributed by atoms with E-state index in [0.717, 1.165) is 27.9 Å². The van der Waals surface area contributed by atoms with E-state index in [1.807, 2.05) is 36.7 Å². The molecule has 0 aliphatic rings. The Labute approximate surface area is 98.5 Å². The van der Waals surface area contributed by atoms with Crippen LogP contribution in [0.1, 0.15) is 5.56 Å². The van der Waals surface area contributed by atoms with Gasteiger partial charge in [-0.2, -0.15) is 0 Å². The number of nitrogens with one attached hydrogen (secondary N) is 1. The fourth-order valence-electron chi connectivity index (χ4n) is 1.89. The van der Waals surface area contributed by atoms with Gasteiger partial charge in [-0.3, -0.25) is 4.98 Å². The number of nitrogens with zero attached hydrogens (tertiary/aromatic N) is 2. The Morgan fingerprint density at radius 1 is 1.12 bits per heavy atom. The lowest BCUT2D eigenvalue weighted by atomic mass is 10.1. The Kier molecular flexibility index (Phi) is 2.34. The van der Waals surface area contributed by atoms with Crippen LogP contribution in [-0.2, 0) is 6.54 Å². The van der Waals surface area contributed by atoms with E-state index in [9.17, 15) is 0 Å². The topological polar surface area (TPSA) is 67.6 Å². The molecule has 4 heteroatoms. The van der Waals surface area contributed by atoms with E-state index in [2.05, 4.69) is 15.0 Å². The van der Waals surface area contributed by atoms with Crippen LogP contribution in [0.2, 0.25) is 0 Å². The maximum absolute atomic E-state index is 5.56. The molecule has 84 valence electrons. The number of rotatable bonds is 2. The quantitative estimate of drug-likeness (QED) is 0.700. The average Bonchev–Trinajstić information content (AvgIpc) is 2.87. The molecule has 0 radical (unpaired) electrons. The SMILES string of the molecule is NCc1ccc(-c2ccnc3[nH]ccc23)nc1. The van der Waals surface area contributed by atoms with Gasteiger partial charge in [-0.05, 0) is 23.8 Å². The number of hydrogen-bond donors (Lipinski definition) is 2. The van der Waals surface area contributed by atoms with Crippen LogP contribution in [-0.4, -0.2) is 15.0 Å². The lowest BCUT2D eigenvalue weighted by Crippen LogP contribution is -1.97. The summed E-state index contributed by atoms with van der Waals surface area (Å²) in [4.78, 5) is 11.8. The molecule has 0 unspecified atom stereocenters. The summed E-state index contributed by atoms with van der Waals surface area (Å²) < 4.78 is 0. The molecule has 0 bridgehead atoms. The van der Waals surface area contributed by atoms with Crippen LogP contribution < -0.4 is 5.73 Å². The van der Waals surface area contributed by atoms with Gasteiger partial charge >= 0.3 is 0 Å². The van der Waals surface area contributed by atoms with Gasteiger partial charge in [-0.25, -0.2) is 4.98 Å². The maximum atomic E-state index is 5.56. The summed E-state index contributed by atoms with van der Waals surface area (Å²) in [5, 5.41) is 1.08. The molecule has 0 aliphatic heterocycles. The zero-order chi connectivity index (χ0) is 11.7. The predicted molar refractivity (Wildman–Crippen MR) is 67.2 cm³/mol. The largest absolute Gasteiger partial charge is 0.346 e. The van der Waals surface area contributed by atoms with Gasteiger partial charge in [0.2, 0.25) is 0 Å². The first kappa shape index (κ1) is 9.99. The van der Waals surface area contributed by atoms with E-state index in [4.69, 9.17) is 5.73 Å². The molecule has 3 N–H and O–H groups in total. The lowest BCUT2D eigenvalue weighted by Gasteiger charge is -2.03. The summed E-state index contributed by atoms with van der Waals surface area (Å²) in [6, 6.07) is 7.97. The highest BCUT2D eigenvalue weighted by atomic mass is 14.8. The molecule has 0 saturated heterocycles. The first-order valence-electron chi connectivity index (χ1n) is 5.46. The molecule has 3 heterocycles. The Morgan fingerprint density at radius 2 is 2.06 bits per heavy atom. The Balaban J connectivity index is 2.16. The molecule has 0 amide bonds. The van der Waals surface area contributed by atoms with E-state index < -0.39 is 0 Å². The molecule has 3 aromatic rings. The molecule has 0 aromatic carbocycles. The van der Waals surface area contributed by atoms with Crippen molar-refractivity contribution >= 4 is 11.0 Å². The molecular formula is C13H12N4. The summed E-state index contributed by atoms with van der Waals surface area (Å²) in [7, 11) is 0. The minimum absolute atomic E-state index is 0.517. The number of aromatic amines is 1. The summed E-state index contributed by atoms with van der Waals surface area (Å²) in [5.74, 6) is 0. The molecule has 0 saturated carbocycles. The highest BCUT2D eigenvalue weighted by molar-refractivity contribution is 5.91. The van der Waals surface area contributed by atoms with Gasteiger partial charge in [-0.1, -0.05) is 6.07 Å². The molecule has 3 aromatic heterocycles. The number of fused-ring (bicyclic) bond motifs is 1. The van der Waals surface area contributed by atoms with Crippen LogP contribution in [0.15, 0.2) is 42.9 Å². The summed E-state index contributed by atoms with van der Waals surface area (Å²) >= 11 is 0. The maximum Gasteiger partial charge on any atom is 0.137 e. The Bertz CT molecular complexity index is 640. The Hall–Kier alpha value is -2.20. The van der Waals surface area contributed by atoms with E-state index in [1.165, 1.54) is 0 Å². The van der Waals surface area contributed by atoms with E-state index >= 15 is 0 Å². The second kappa shape index (κ2) is 3.99. The van der Waals surface area contributed by atoms with Crippen molar-refractivity contribution in [2.24, 2.45) is 5.73 Å². The van der Waals surface area contributed by atoms with Crippen molar-refractivity contribution in [3.05, 3.63) is 48.4 Å². The first-order chi connectivity index (χ1) is 8.38. The van der Waals surface area contributed by atoms with Crippen LogP contribution in [0, 0.1) is 0 Å². The van der Waals surface area contributed by atoms with Crippen molar-refractivity contribution in [3.63, 3.8) is 0 Å². The van der Waals surface area contributed by atoms with Crippen LogP contribution in [0.5, 0.6) is 0 Å². The molecular weight excluding hydrogens is 212 g/mol. The minimum atomic E-state index is 0.517. The van der Waals surface area contributed by atoms with Crippen molar-refractivity contribution in [2.45, 2.75) is 6.54 Å². The summed E-state index contributed by atoms with van der Waals surface area (Å²) in [5.41, 5.74) is 9.50. The number of aromatic nitrogens is 3. The molecule has 17 heavy (non-hydrogen) atoms. The minimum Gasteiger partial charge on any atom is -0.346 e. The number of pyridine rings is 2. The monoisotopic (exact) mass is 224 g/mol. The highest BCUT2D eigenvalue weighted by Crippen LogP contribution is 2.25. The molecule has 0 spiro atoms. The average molecular weight is 224 g/mol. The normalized spacial score (nSPS) is 10.9. The Morgan fingerprint density at radius 3 is 2.82 bits per heavy atom. The highest BCUT2D eigenvalue weighted by Gasteiger charge is 2.05. The van der Waals surface area contributed by atoms with Gasteiger partial charge in [0.05, 0.1) is 5.69 Å². The fraction of sp³-hybridized carbons (Fsp3) is 0.0769. The second-order valence-corrected chi connectivity index (χ2v) is 3.85. The third-order valence-electron chi connectivity index (χ3n) is 2.80. The van der Waals surface area contributed by atoms with Gasteiger partial charge in [0, 0.05) is 36.1 Å². The van der Waals surface area contributed by atoms with Crippen LogP contribution in [0.3, 0.4) is 0 Å². The summed E-state index contributed by atoms with van der Waals surface area (Å²) in [6.07, 6.45) is 5.48. The third-order valence-corrected chi connectivity index (χ3v) is 2.80. The zero-order valence-electron chi connectivity index (χ0n) is 9.22. The van der Waals surface area contributed by atoms with Gasteiger partial charge in [0.25, 0.3) is 0 Å². The predicted octanol–water partition coefficient (Wildman–Crippen LogP) is 2.08. The number of hydrogen-bond acceptors (Lipinski definition) is 3. The van der Waals surface area contributed by atoms with Crippen LogP contribution in [0.4, 0.5) is 0 Å². The smallest absolute Gasteiger partial charge is 0.137 e. The fourth-order valence-corrected chi connectivity index (χ4v) is 1.89. The number of H-pyrrole nitrogens is 1. The second-order valence-electron chi connectivity index (χ2n) is 3.85. The molecule has 3 rings (SSSR count). The van der Waals surface area contributed by atoms with Crippen molar-refractivity contribution in [3.8, 4) is 11.3 Å². The molecule has 0 atom stereocenters. The van der Waals surface area contributed by atoms with Gasteiger partial charge in [-0.15, -0.1) is 0 Å². The lowest BCUT2D eigenvalue weighted by molar-refractivity contribution is 1.05.